The van der Waals surface area contributed by atoms with Gasteiger partial charge in [0.1, 0.15) is 0 Å². The highest BCUT2D eigenvalue weighted by molar-refractivity contribution is 8.16. The van der Waals surface area contributed by atoms with Gasteiger partial charge in [-0.05, 0) is 63.6 Å². The van der Waals surface area contributed by atoms with Crippen LogP contribution in [0.3, 0.4) is 0 Å². The predicted molar refractivity (Wildman–Crippen MR) is 136 cm³/mol. The number of hydrogen-bond donors (Lipinski definition) is 2. The standard InChI is InChI=1S/C25H31ClN4O3S/c1-15-21(23(32)29-25(2,3)4)22(16-7-9-17(26)10-8-16)30-18(14-34-24(30)28-15)12-20(31)27-13-19-6-5-11-33-19/h7-10,14,19,22H,5-6,11-13H2,1-4H3,(H,27,31)(H,29,32). The van der Waals surface area contributed by atoms with Crippen molar-refractivity contribution in [3.05, 3.63) is 57.2 Å². The number of amidine groups is 1. The fraction of sp³-hybridized carbons (Fsp3) is 0.480. The number of benzene rings is 1. The molecule has 0 saturated carbocycles. The zero-order chi connectivity index (χ0) is 24.5. The van der Waals surface area contributed by atoms with E-state index in [1.807, 2.05) is 62.3 Å². The van der Waals surface area contributed by atoms with Gasteiger partial charge in [0, 0.05) is 29.4 Å². The Morgan fingerprint density at radius 2 is 2.00 bits per heavy atom. The minimum absolute atomic E-state index is 0.0783. The second-order valence-corrected chi connectivity index (χ2v) is 11.0. The molecule has 3 aliphatic rings. The van der Waals surface area contributed by atoms with Crippen LogP contribution in [0.25, 0.3) is 0 Å². The number of aliphatic imine (C=N–C) groups is 1. The van der Waals surface area contributed by atoms with E-state index in [0.717, 1.165) is 35.9 Å². The van der Waals surface area contributed by atoms with Crippen LogP contribution in [0.1, 0.15) is 58.6 Å². The van der Waals surface area contributed by atoms with Crippen molar-refractivity contribution in [2.75, 3.05) is 13.2 Å². The van der Waals surface area contributed by atoms with Crippen molar-refractivity contribution in [3.8, 4) is 0 Å². The zero-order valence-corrected chi connectivity index (χ0v) is 21.6. The minimum Gasteiger partial charge on any atom is -0.376 e. The second kappa shape index (κ2) is 10.1. The zero-order valence-electron chi connectivity index (χ0n) is 20.0. The van der Waals surface area contributed by atoms with Gasteiger partial charge in [0.15, 0.2) is 5.17 Å². The van der Waals surface area contributed by atoms with E-state index >= 15 is 0 Å². The Morgan fingerprint density at radius 3 is 2.65 bits per heavy atom. The SMILES string of the molecule is CC1=C(C(=O)NC(C)(C)C)C(c2ccc(Cl)cc2)N2C(CC(=O)NCC3CCCO3)=CSC2=N1. The highest BCUT2D eigenvalue weighted by Crippen LogP contribution is 2.44. The van der Waals surface area contributed by atoms with E-state index in [1.54, 1.807) is 0 Å². The van der Waals surface area contributed by atoms with Crippen LogP contribution >= 0.6 is 23.4 Å². The lowest BCUT2D eigenvalue weighted by atomic mass is 9.92. The number of halogens is 1. The molecule has 9 heteroatoms. The number of amides is 2. The van der Waals surface area contributed by atoms with E-state index in [2.05, 4.69) is 10.6 Å². The minimum atomic E-state index is -0.417. The van der Waals surface area contributed by atoms with Crippen LogP contribution in [0, 0.1) is 0 Å². The Kier molecular flexibility index (Phi) is 7.40. The van der Waals surface area contributed by atoms with Gasteiger partial charge in [-0.3, -0.25) is 9.59 Å². The summed E-state index contributed by atoms with van der Waals surface area (Å²) in [6, 6.07) is 7.06. The summed E-state index contributed by atoms with van der Waals surface area (Å²) in [6.45, 7) is 8.97. The number of fused-ring (bicyclic) bond motifs is 1. The van der Waals surface area contributed by atoms with Gasteiger partial charge in [0.2, 0.25) is 5.91 Å². The van der Waals surface area contributed by atoms with E-state index in [4.69, 9.17) is 21.3 Å². The monoisotopic (exact) mass is 502 g/mol. The van der Waals surface area contributed by atoms with Crippen LogP contribution < -0.4 is 10.6 Å². The van der Waals surface area contributed by atoms with E-state index in [9.17, 15) is 9.59 Å². The third-order valence-corrected chi connectivity index (χ3v) is 6.95. The quantitative estimate of drug-likeness (QED) is 0.597. The normalized spacial score (nSPS) is 22.3. The molecular weight excluding hydrogens is 472 g/mol. The Labute approximate surface area is 210 Å². The second-order valence-electron chi connectivity index (χ2n) is 9.76. The summed E-state index contributed by atoms with van der Waals surface area (Å²) < 4.78 is 5.61. The van der Waals surface area contributed by atoms with Gasteiger partial charge >= 0.3 is 0 Å². The van der Waals surface area contributed by atoms with E-state index in [1.165, 1.54) is 11.8 Å². The van der Waals surface area contributed by atoms with Crippen molar-refractivity contribution in [1.29, 1.82) is 0 Å². The largest absolute Gasteiger partial charge is 0.376 e. The van der Waals surface area contributed by atoms with Crippen LogP contribution in [0.15, 0.2) is 51.6 Å². The Bertz CT molecular complexity index is 1050. The summed E-state index contributed by atoms with van der Waals surface area (Å²) in [5, 5.41) is 9.40. The fourth-order valence-electron chi connectivity index (χ4n) is 4.29. The topological polar surface area (TPSA) is 83.0 Å². The maximum absolute atomic E-state index is 13.4. The van der Waals surface area contributed by atoms with Crippen LogP contribution in [-0.4, -0.2) is 46.7 Å². The van der Waals surface area contributed by atoms with Gasteiger partial charge in [0.05, 0.1) is 29.8 Å². The number of nitrogens with one attached hydrogen (secondary N) is 2. The van der Waals surface area contributed by atoms with Crippen molar-refractivity contribution in [1.82, 2.24) is 15.5 Å². The molecule has 2 amide bonds. The number of allylic oxidation sites excluding steroid dienone is 1. The lowest BCUT2D eigenvalue weighted by Gasteiger charge is -2.37. The number of rotatable bonds is 6. The molecule has 182 valence electrons. The molecule has 0 bridgehead atoms. The van der Waals surface area contributed by atoms with E-state index in [-0.39, 0.29) is 24.3 Å². The molecule has 0 aromatic heterocycles. The molecule has 3 aliphatic heterocycles. The summed E-state index contributed by atoms with van der Waals surface area (Å²) in [5.74, 6) is -0.253. The van der Waals surface area contributed by atoms with Gasteiger partial charge in [0.25, 0.3) is 5.91 Å². The molecule has 1 aromatic rings. The molecule has 4 rings (SSSR count). The number of nitrogens with zero attached hydrogens (tertiary/aromatic N) is 2. The molecule has 2 N–H and O–H groups in total. The first-order valence-corrected chi connectivity index (χ1v) is 12.8. The molecule has 1 aromatic carbocycles. The third-order valence-electron chi connectivity index (χ3n) is 5.81. The average molecular weight is 503 g/mol. The number of hydrogen-bond acceptors (Lipinski definition) is 6. The van der Waals surface area contributed by atoms with Crippen LogP contribution in [0.2, 0.25) is 5.02 Å². The van der Waals surface area contributed by atoms with Crippen LogP contribution in [-0.2, 0) is 14.3 Å². The molecule has 0 spiro atoms. The number of thioether (sulfide) groups is 1. The molecule has 7 nitrogen and oxygen atoms in total. The number of carbonyl (C=O) groups is 2. The van der Waals surface area contributed by atoms with Crippen LogP contribution in [0.5, 0.6) is 0 Å². The summed E-state index contributed by atoms with van der Waals surface area (Å²) in [7, 11) is 0. The van der Waals surface area contributed by atoms with Gasteiger partial charge in [-0.25, -0.2) is 4.99 Å². The van der Waals surface area contributed by atoms with Crippen molar-refractivity contribution in [3.63, 3.8) is 0 Å². The Hall–Kier alpha value is -2.29. The Balaban J connectivity index is 1.61. The summed E-state index contributed by atoms with van der Waals surface area (Å²) in [6.07, 6.45) is 2.28. The first-order valence-electron chi connectivity index (χ1n) is 11.5. The first-order chi connectivity index (χ1) is 16.1. The number of carbonyl (C=O) groups excluding carboxylic acids is 2. The molecule has 0 radical (unpaired) electrons. The smallest absolute Gasteiger partial charge is 0.251 e. The maximum atomic E-state index is 13.4. The average Bonchev–Trinajstić information content (AvgIpc) is 3.41. The van der Waals surface area contributed by atoms with E-state index in [0.29, 0.717) is 22.8 Å². The summed E-state index contributed by atoms with van der Waals surface area (Å²) >= 11 is 7.62. The van der Waals surface area contributed by atoms with Gasteiger partial charge < -0.3 is 20.3 Å². The Morgan fingerprint density at radius 1 is 1.26 bits per heavy atom. The van der Waals surface area contributed by atoms with Crippen molar-refractivity contribution < 1.29 is 14.3 Å². The van der Waals surface area contributed by atoms with Gasteiger partial charge in [-0.2, -0.15) is 0 Å². The van der Waals surface area contributed by atoms with Crippen LogP contribution in [0.4, 0.5) is 0 Å². The lowest BCUT2D eigenvalue weighted by Crippen LogP contribution is -2.46. The fourth-order valence-corrected chi connectivity index (χ4v) is 5.38. The molecular formula is C25H31ClN4O3S. The summed E-state index contributed by atoms with van der Waals surface area (Å²) in [4.78, 5) is 33.0. The van der Waals surface area contributed by atoms with Gasteiger partial charge in [-0.1, -0.05) is 35.5 Å². The molecule has 34 heavy (non-hydrogen) atoms. The van der Waals surface area contributed by atoms with Gasteiger partial charge in [-0.15, -0.1) is 0 Å². The van der Waals surface area contributed by atoms with E-state index < -0.39 is 11.6 Å². The first kappa shape index (κ1) is 24.8. The molecule has 2 unspecified atom stereocenters. The van der Waals surface area contributed by atoms with Crippen molar-refractivity contribution in [2.24, 2.45) is 4.99 Å². The molecule has 0 aliphatic carbocycles. The van der Waals surface area contributed by atoms with Crippen molar-refractivity contribution >= 4 is 40.3 Å². The third kappa shape index (κ3) is 5.67. The molecule has 1 fully saturated rings. The molecule has 3 heterocycles. The summed E-state index contributed by atoms with van der Waals surface area (Å²) in [5.41, 5.74) is 2.54. The van der Waals surface area contributed by atoms with Crippen molar-refractivity contribution in [2.45, 2.75) is 64.6 Å². The predicted octanol–water partition coefficient (Wildman–Crippen LogP) is 4.51. The molecule has 2 atom stereocenters. The highest BCUT2D eigenvalue weighted by atomic mass is 35.5. The molecule has 1 saturated heterocycles. The lowest BCUT2D eigenvalue weighted by molar-refractivity contribution is -0.121. The maximum Gasteiger partial charge on any atom is 0.251 e. The number of ether oxygens (including phenoxy) is 1. The highest BCUT2D eigenvalue weighted by Gasteiger charge is 2.41.